The zero-order chi connectivity index (χ0) is 20.8. The molecule has 29 heavy (non-hydrogen) atoms. The first-order chi connectivity index (χ1) is 13.9. The highest BCUT2D eigenvalue weighted by Crippen LogP contribution is 2.25. The largest absolute Gasteiger partial charge is 0.464 e. The molecule has 0 fully saturated rings. The summed E-state index contributed by atoms with van der Waals surface area (Å²) in [4.78, 5) is 25.2. The Morgan fingerprint density at radius 3 is 2.55 bits per heavy atom. The van der Waals surface area contributed by atoms with Crippen molar-refractivity contribution in [3.05, 3.63) is 64.9 Å². The average molecular weight is 412 g/mol. The number of furan rings is 1. The Labute approximate surface area is 174 Å². The van der Waals surface area contributed by atoms with Gasteiger partial charge in [-0.2, -0.15) is 0 Å². The minimum atomic E-state index is -0.449. The third kappa shape index (κ3) is 5.87. The maximum atomic E-state index is 12.1. The number of aryl methyl sites for hydroxylation is 3. The van der Waals surface area contributed by atoms with Crippen LogP contribution in [-0.2, 0) is 20.7 Å². The molecule has 0 aliphatic rings. The van der Waals surface area contributed by atoms with E-state index in [1.54, 1.807) is 18.0 Å². The molecule has 0 aliphatic carbocycles. The second-order valence-electron chi connectivity index (χ2n) is 7.04. The van der Waals surface area contributed by atoms with E-state index in [1.165, 1.54) is 5.56 Å². The smallest absolute Gasteiger partial charge is 0.310 e. The molecular formula is C23H25NO4S. The summed E-state index contributed by atoms with van der Waals surface area (Å²) in [5.74, 6) is 0.00388. The van der Waals surface area contributed by atoms with Crippen LogP contribution < -0.4 is 5.32 Å². The van der Waals surface area contributed by atoms with Crippen molar-refractivity contribution in [2.24, 2.45) is 0 Å². The monoisotopic (exact) mass is 411 g/mol. The molecule has 5 nitrogen and oxygen atoms in total. The standard InChI is InChI=1S/C23H25NO4S/c1-15-4-6-19(7-5-15)29-9-8-24-22(25)14-28-23(26)12-18-13-27-21-11-17(3)16(2)10-20(18)21/h4-7,10-11,13H,8-9,12,14H2,1-3H3,(H,24,25). The number of carbonyl (C=O) groups is 2. The summed E-state index contributed by atoms with van der Waals surface area (Å²) < 4.78 is 10.6. The van der Waals surface area contributed by atoms with Gasteiger partial charge in [-0.3, -0.25) is 9.59 Å². The summed E-state index contributed by atoms with van der Waals surface area (Å²) in [5.41, 5.74) is 5.01. The molecule has 1 amide bonds. The molecule has 0 bridgehead atoms. The summed E-state index contributed by atoms with van der Waals surface area (Å²) in [7, 11) is 0. The first-order valence-electron chi connectivity index (χ1n) is 9.51. The number of fused-ring (bicyclic) bond motifs is 1. The molecule has 3 aromatic rings. The average Bonchev–Trinajstić information content (AvgIpc) is 3.07. The Morgan fingerprint density at radius 1 is 1.07 bits per heavy atom. The van der Waals surface area contributed by atoms with Gasteiger partial charge in [0.2, 0.25) is 0 Å². The summed E-state index contributed by atoms with van der Waals surface area (Å²) in [6.07, 6.45) is 1.65. The first-order valence-corrected chi connectivity index (χ1v) is 10.5. The van der Waals surface area contributed by atoms with Crippen molar-refractivity contribution in [3.63, 3.8) is 0 Å². The van der Waals surface area contributed by atoms with Crippen molar-refractivity contribution >= 4 is 34.6 Å². The molecule has 1 N–H and O–H groups in total. The number of hydrogen-bond donors (Lipinski definition) is 1. The minimum absolute atomic E-state index is 0.0755. The summed E-state index contributed by atoms with van der Waals surface area (Å²) in [6, 6.07) is 12.2. The van der Waals surface area contributed by atoms with Crippen molar-refractivity contribution in [2.45, 2.75) is 32.1 Å². The van der Waals surface area contributed by atoms with Gasteiger partial charge in [0, 0.05) is 28.1 Å². The highest BCUT2D eigenvalue weighted by atomic mass is 32.2. The van der Waals surface area contributed by atoms with Crippen LogP contribution in [0.25, 0.3) is 11.0 Å². The van der Waals surface area contributed by atoms with Gasteiger partial charge in [0.1, 0.15) is 5.58 Å². The van der Waals surface area contributed by atoms with E-state index < -0.39 is 5.97 Å². The predicted molar refractivity (Wildman–Crippen MR) is 115 cm³/mol. The number of rotatable bonds is 8. The maximum Gasteiger partial charge on any atom is 0.310 e. The lowest BCUT2D eigenvalue weighted by molar-refractivity contribution is -0.147. The highest BCUT2D eigenvalue weighted by Gasteiger charge is 2.14. The van der Waals surface area contributed by atoms with E-state index in [0.717, 1.165) is 38.3 Å². The fourth-order valence-electron chi connectivity index (χ4n) is 2.87. The quantitative estimate of drug-likeness (QED) is 0.339. The van der Waals surface area contributed by atoms with Gasteiger partial charge in [-0.15, -0.1) is 11.8 Å². The zero-order valence-electron chi connectivity index (χ0n) is 16.9. The molecule has 6 heteroatoms. The van der Waals surface area contributed by atoms with E-state index in [0.29, 0.717) is 6.54 Å². The van der Waals surface area contributed by atoms with Gasteiger partial charge >= 0.3 is 5.97 Å². The number of thioether (sulfide) groups is 1. The molecule has 0 atom stereocenters. The fourth-order valence-corrected chi connectivity index (χ4v) is 3.64. The summed E-state index contributed by atoms with van der Waals surface area (Å²) in [5, 5.41) is 3.67. The van der Waals surface area contributed by atoms with Crippen LogP contribution in [-0.4, -0.2) is 30.8 Å². The Hall–Kier alpha value is -2.73. The zero-order valence-corrected chi connectivity index (χ0v) is 17.7. The summed E-state index contributed by atoms with van der Waals surface area (Å²) in [6.45, 7) is 6.32. The third-order valence-electron chi connectivity index (χ3n) is 4.68. The van der Waals surface area contributed by atoms with E-state index in [9.17, 15) is 9.59 Å². The molecule has 3 rings (SSSR count). The predicted octanol–water partition coefficient (Wildman–Crippen LogP) is 4.35. The van der Waals surface area contributed by atoms with E-state index in [-0.39, 0.29) is 18.9 Å². The molecular weight excluding hydrogens is 386 g/mol. The lowest BCUT2D eigenvalue weighted by atomic mass is 10.0. The van der Waals surface area contributed by atoms with Crippen molar-refractivity contribution in [3.8, 4) is 0 Å². The second kappa shape index (κ2) is 9.65. The van der Waals surface area contributed by atoms with Gasteiger partial charge in [0.05, 0.1) is 12.7 Å². The number of ether oxygens (including phenoxy) is 1. The molecule has 0 aliphatic heterocycles. The van der Waals surface area contributed by atoms with Crippen molar-refractivity contribution in [1.29, 1.82) is 0 Å². The van der Waals surface area contributed by atoms with Gasteiger partial charge in [-0.25, -0.2) is 0 Å². The van der Waals surface area contributed by atoms with E-state index in [1.807, 2.05) is 32.9 Å². The maximum absolute atomic E-state index is 12.1. The first kappa shape index (κ1) is 21.0. The van der Waals surface area contributed by atoms with E-state index in [4.69, 9.17) is 9.15 Å². The number of benzene rings is 2. The number of amides is 1. The Balaban J connectivity index is 1.39. The lowest BCUT2D eigenvalue weighted by Crippen LogP contribution is -2.30. The lowest BCUT2D eigenvalue weighted by Gasteiger charge is -2.07. The fraction of sp³-hybridized carbons (Fsp3) is 0.304. The van der Waals surface area contributed by atoms with Gasteiger partial charge < -0.3 is 14.5 Å². The number of hydrogen-bond acceptors (Lipinski definition) is 5. The molecule has 1 heterocycles. The van der Waals surface area contributed by atoms with Crippen LogP contribution in [0.1, 0.15) is 22.3 Å². The molecule has 0 saturated heterocycles. The Bertz CT molecular complexity index is 1010. The van der Waals surface area contributed by atoms with E-state index in [2.05, 4.69) is 29.6 Å². The van der Waals surface area contributed by atoms with Gasteiger partial charge in [0.25, 0.3) is 5.91 Å². The molecule has 2 aromatic carbocycles. The topological polar surface area (TPSA) is 68.5 Å². The Morgan fingerprint density at radius 2 is 1.79 bits per heavy atom. The molecule has 1 aromatic heterocycles. The van der Waals surface area contributed by atoms with Crippen molar-refractivity contribution in [2.75, 3.05) is 18.9 Å². The van der Waals surface area contributed by atoms with Crippen LogP contribution in [0.5, 0.6) is 0 Å². The molecule has 0 unspecified atom stereocenters. The van der Waals surface area contributed by atoms with Crippen molar-refractivity contribution < 1.29 is 18.7 Å². The third-order valence-corrected chi connectivity index (χ3v) is 5.70. The summed E-state index contributed by atoms with van der Waals surface area (Å²) >= 11 is 1.67. The van der Waals surface area contributed by atoms with Crippen LogP contribution in [0, 0.1) is 20.8 Å². The molecule has 152 valence electrons. The van der Waals surface area contributed by atoms with Gasteiger partial charge in [-0.1, -0.05) is 17.7 Å². The second-order valence-corrected chi connectivity index (χ2v) is 8.21. The van der Waals surface area contributed by atoms with E-state index >= 15 is 0 Å². The van der Waals surface area contributed by atoms with Crippen molar-refractivity contribution in [1.82, 2.24) is 5.32 Å². The van der Waals surface area contributed by atoms with Gasteiger partial charge in [0.15, 0.2) is 6.61 Å². The number of nitrogens with one attached hydrogen (secondary N) is 1. The SMILES string of the molecule is Cc1ccc(SCCNC(=O)COC(=O)Cc2coc3cc(C)c(C)cc23)cc1. The highest BCUT2D eigenvalue weighted by molar-refractivity contribution is 7.99. The molecule has 0 radical (unpaired) electrons. The van der Waals surface area contributed by atoms with Crippen LogP contribution in [0.15, 0.2) is 52.0 Å². The minimum Gasteiger partial charge on any atom is -0.464 e. The molecule has 0 saturated carbocycles. The van der Waals surface area contributed by atoms with Crippen LogP contribution in [0.3, 0.4) is 0 Å². The van der Waals surface area contributed by atoms with Crippen LogP contribution in [0.2, 0.25) is 0 Å². The Kier molecular flexibility index (Phi) is 6.99. The number of esters is 1. The number of carbonyl (C=O) groups excluding carboxylic acids is 2. The normalized spacial score (nSPS) is 10.9. The van der Waals surface area contributed by atoms with Crippen LogP contribution >= 0.6 is 11.8 Å². The molecule has 0 spiro atoms. The van der Waals surface area contributed by atoms with Gasteiger partial charge in [-0.05, 0) is 56.2 Å². The van der Waals surface area contributed by atoms with Crippen LogP contribution in [0.4, 0.5) is 0 Å².